The van der Waals surface area contributed by atoms with Gasteiger partial charge in [-0.3, -0.25) is 9.59 Å². The molecule has 19 heavy (non-hydrogen) atoms. The number of rotatable bonds is 3. The highest BCUT2D eigenvalue weighted by molar-refractivity contribution is 5.83. The summed E-state index contributed by atoms with van der Waals surface area (Å²) < 4.78 is 6.57. The number of benzene rings is 1. The Hall–Kier alpha value is -2.10. The molecule has 4 heteroatoms. The molecule has 100 valence electrons. The van der Waals surface area contributed by atoms with Crippen LogP contribution in [0.2, 0.25) is 0 Å². The van der Waals surface area contributed by atoms with Crippen molar-refractivity contribution in [2.45, 2.75) is 26.8 Å². The average molecular weight is 259 g/mol. The Bertz CT molecular complexity index is 686. The Kier molecular flexibility index (Phi) is 3.69. The molecule has 1 aromatic heterocycles. The number of carbonyl (C=O) groups excluding carboxylic acids is 1. The summed E-state index contributed by atoms with van der Waals surface area (Å²) in [6, 6.07) is 5.51. The molecule has 0 N–H and O–H groups in total. The molecule has 0 aliphatic rings. The van der Waals surface area contributed by atoms with Gasteiger partial charge in [-0.1, -0.05) is 6.07 Å². The second-order valence-corrected chi connectivity index (χ2v) is 4.68. The molecule has 0 saturated heterocycles. The number of esters is 1. The van der Waals surface area contributed by atoms with Crippen LogP contribution in [0.4, 0.5) is 0 Å². The molecule has 0 amide bonds. The summed E-state index contributed by atoms with van der Waals surface area (Å²) in [5.41, 5.74) is 2.95. The molecule has 1 aromatic carbocycles. The van der Waals surface area contributed by atoms with Gasteiger partial charge >= 0.3 is 5.97 Å². The molecule has 0 fully saturated rings. The topological polar surface area (TPSA) is 48.3 Å². The summed E-state index contributed by atoms with van der Waals surface area (Å²) in [7, 11) is 1.38. The lowest BCUT2D eigenvalue weighted by Crippen LogP contribution is -2.12. The van der Waals surface area contributed by atoms with E-state index in [4.69, 9.17) is 0 Å². The van der Waals surface area contributed by atoms with Gasteiger partial charge < -0.3 is 9.30 Å². The van der Waals surface area contributed by atoms with Crippen LogP contribution in [0.15, 0.2) is 29.2 Å². The van der Waals surface area contributed by atoms with Gasteiger partial charge in [0.05, 0.1) is 19.0 Å². The fourth-order valence-corrected chi connectivity index (χ4v) is 2.32. The zero-order valence-corrected chi connectivity index (χ0v) is 11.4. The quantitative estimate of drug-likeness (QED) is 0.794. The Morgan fingerprint density at radius 3 is 2.74 bits per heavy atom. The van der Waals surface area contributed by atoms with Crippen molar-refractivity contribution in [1.82, 2.24) is 4.57 Å². The summed E-state index contributed by atoms with van der Waals surface area (Å²) in [5, 5.41) is 0.720. The van der Waals surface area contributed by atoms with Crippen molar-refractivity contribution in [2.24, 2.45) is 0 Å². The fraction of sp³-hybridized carbons (Fsp3) is 0.333. The molecule has 0 radical (unpaired) electrons. The summed E-state index contributed by atoms with van der Waals surface area (Å²) in [6.45, 7) is 4.43. The van der Waals surface area contributed by atoms with Crippen LogP contribution in [0.1, 0.15) is 17.5 Å². The lowest BCUT2D eigenvalue weighted by atomic mass is 10.1. The van der Waals surface area contributed by atoms with E-state index < -0.39 is 0 Å². The Labute approximate surface area is 111 Å². The van der Waals surface area contributed by atoms with Gasteiger partial charge in [-0.05, 0) is 31.0 Å². The predicted molar refractivity (Wildman–Crippen MR) is 74.3 cm³/mol. The zero-order chi connectivity index (χ0) is 14.0. The van der Waals surface area contributed by atoms with E-state index in [2.05, 4.69) is 4.74 Å². The lowest BCUT2D eigenvalue weighted by molar-refractivity contribution is -0.140. The SMILES string of the molecule is COC(=O)CCn1ccc(=O)c2c(C)cc(C)cc21. The minimum atomic E-state index is -0.253. The number of carbonyl (C=O) groups is 1. The number of aryl methyl sites for hydroxylation is 3. The van der Waals surface area contributed by atoms with E-state index in [1.807, 2.05) is 30.5 Å². The van der Waals surface area contributed by atoms with Gasteiger partial charge in [0.1, 0.15) is 0 Å². The van der Waals surface area contributed by atoms with Gasteiger partial charge in [-0.25, -0.2) is 0 Å². The number of hydrogen-bond acceptors (Lipinski definition) is 3. The van der Waals surface area contributed by atoms with E-state index in [0.717, 1.165) is 22.0 Å². The third-order valence-corrected chi connectivity index (χ3v) is 3.21. The van der Waals surface area contributed by atoms with E-state index in [9.17, 15) is 9.59 Å². The first-order chi connectivity index (χ1) is 9.02. The smallest absolute Gasteiger partial charge is 0.307 e. The van der Waals surface area contributed by atoms with E-state index in [1.54, 1.807) is 12.3 Å². The van der Waals surface area contributed by atoms with Crippen LogP contribution in [0.3, 0.4) is 0 Å². The van der Waals surface area contributed by atoms with Crippen LogP contribution in [0.25, 0.3) is 10.9 Å². The van der Waals surface area contributed by atoms with E-state index in [0.29, 0.717) is 13.0 Å². The van der Waals surface area contributed by atoms with Crippen molar-refractivity contribution in [3.63, 3.8) is 0 Å². The first-order valence-corrected chi connectivity index (χ1v) is 6.20. The van der Waals surface area contributed by atoms with E-state index in [1.165, 1.54) is 7.11 Å². The largest absolute Gasteiger partial charge is 0.469 e. The highest BCUT2D eigenvalue weighted by Crippen LogP contribution is 2.17. The van der Waals surface area contributed by atoms with Crippen molar-refractivity contribution in [3.8, 4) is 0 Å². The van der Waals surface area contributed by atoms with Gasteiger partial charge in [0.25, 0.3) is 0 Å². The van der Waals surface area contributed by atoms with E-state index in [-0.39, 0.29) is 11.4 Å². The molecular formula is C15H17NO3. The van der Waals surface area contributed by atoms with Crippen molar-refractivity contribution in [2.75, 3.05) is 7.11 Å². The van der Waals surface area contributed by atoms with Gasteiger partial charge in [-0.15, -0.1) is 0 Å². The van der Waals surface area contributed by atoms with Gasteiger partial charge in [0, 0.05) is 24.2 Å². The average Bonchev–Trinajstić information content (AvgIpc) is 2.36. The second kappa shape index (κ2) is 5.26. The molecule has 2 rings (SSSR count). The molecule has 0 atom stereocenters. The third kappa shape index (κ3) is 2.67. The van der Waals surface area contributed by atoms with Gasteiger partial charge in [-0.2, -0.15) is 0 Å². The number of hydrogen-bond donors (Lipinski definition) is 0. The summed E-state index contributed by atoms with van der Waals surface area (Å²) >= 11 is 0. The number of ether oxygens (including phenoxy) is 1. The number of fused-ring (bicyclic) bond motifs is 1. The van der Waals surface area contributed by atoms with Crippen LogP contribution >= 0.6 is 0 Å². The molecule has 0 saturated carbocycles. The van der Waals surface area contributed by atoms with Crippen LogP contribution in [0.5, 0.6) is 0 Å². The van der Waals surface area contributed by atoms with Crippen LogP contribution < -0.4 is 5.43 Å². The Morgan fingerprint density at radius 1 is 1.32 bits per heavy atom. The second-order valence-electron chi connectivity index (χ2n) is 4.68. The molecule has 0 unspecified atom stereocenters. The number of pyridine rings is 1. The highest BCUT2D eigenvalue weighted by atomic mass is 16.5. The van der Waals surface area contributed by atoms with E-state index >= 15 is 0 Å². The number of methoxy groups -OCH3 is 1. The molecule has 0 spiro atoms. The van der Waals surface area contributed by atoms with Crippen LogP contribution in [-0.2, 0) is 16.1 Å². The fourth-order valence-electron chi connectivity index (χ4n) is 2.32. The van der Waals surface area contributed by atoms with Crippen molar-refractivity contribution in [1.29, 1.82) is 0 Å². The molecule has 0 aliphatic heterocycles. The third-order valence-electron chi connectivity index (χ3n) is 3.21. The molecule has 4 nitrogen and oxygen atoms in total. The van der Waals surface area contributed by atoms with Gasteiger partial charge in [0.2, 0.25) is 0 Å². The molecule has 0 aliphatic carbocycles. The zero-order valence-electron chi connectivity index (χ0n) is 11.4. The lowest BCUT2D eigenvalue weighted by Gasteiger charge is -2.12. The summed E-state index contributed by atoms with van der Waals surface area (Å²) in [6.07, 6.45) is 2.02. The maximum Gasteiger partial charge on any atom is 0.307 e. The number of nitrogens with zero attached hydrogens (tertiary/aromatic N) is 1. The minimum Gasteiger partial charge on any atom is -0.469 e. The summed E-state index contributed by atoms with van der Waals surface area (Å²) in [5.74, 6) is -0.253. The maximum atomic E-state index is 12.0. The Morgan fingerprint density at radius 2 is 2.05 bits per heavy atom. The van der Waals surface area contributed by atoms with Crippen LogP contribution in [-0.4, -0.2) is 17.6 Å². The minimum absolute atomic E-state index is 0.0156. The monoisotopic (exact) mass is 259 g/mol. The first-order valence-electron chi connectivity index (χ1n) is 6.20. The predicted octanol–water partition coefficient (Wildman–Crippen LogP) is 2.18. The van der Waals surface area contributed by atoms with Crippen LogP contribution in [0, 0.1) is 13.8 Å². The highest BCUT2D eigenvalue weighted by Gasteiger charge is 2.08. The molecule has 0 bridgehead atoms. The molecule has 1 heterocycles. The standard InChI is InChI=1S/C15H17NO3/c1-10-8-11(2)15-12(9-10)16(6-4-13(15)17)7-5-14(18)19-3/h4,6,8-9H,5,7H2,1-3H3. The molecular weight excluding hydrogens is 242 g/mol. The van der Waals surface area contributed by atoms with Gasteiger partial charge in [0.15, 0.2) is 5.43 Å². The van der Waals surface area contributed by atoms with Crippen molar-refractivity contribution >= 4 is 16.9 Å². The normalized spacial score (nSPS) is 10.7. The van der Waals surface area contributed by atoms with Crippen molar-refractivity contribution < 1.29 is 9.53 Å². The molecule has 2 aromatic rings. The number of aromatic nitrogens is 1. The summed E-state index contributed by atoms with van der Waals surface area (Å²) in [4.78, 5) is 23.2. The Balaban J connectivity index is 2.53. The first kappa shape index (κ1) is 13.3. The van der Waals surface area contributed by atoms with Crippen molar-refractivity contribution in [3.05, 3.63) is 45.7 Å². The maximum absolute atomic E-state index is 12.0.